The molecular weight excluding hydrogens is 290 g/mol. The molecule has 0 aliphatic heterocycles. The summed E-state index contributed by atoms with van der Waals surface area (Å²) in [4.78, 5) is 42.0. The first-order valence-electron chi connectivity index (χ1n) is 6.77. The zero-order valence-electron chi connectivity index (χ0n) is 12.4. The van der Waals surface area contributed by atoms with E-state index in [0.29, 0.717) is 12.4 Å². The monoisotopic (exact) mass is 305 g/mol. The number of rotatable bonds is 3. The van der Waals surface area contributed by atoms with Crippen molar-refractivity contribution >= 4 is 22.9 Å². The van der Waals surface area contributed by atoms with E-state index in [2.05, 4.69) is 9.97 Å². The molecule has 3 aromatic heterocycles. The summed E-state index contributed by atoms with van der Waals surface area (Å²) in [6.07, 6.45) is 1.70. The predicted molar refractivity (Wildman–Crippen MR) is 77.9 cm³/mol. The predicted octanol–water partition coefficient (Wildman–Crippen LogP) is -0.452. The van der Waals surface area contributed by atoms with E-state index < -0.39 is 17.2 Å². The molecule has 0 atom stereocenters. The first kappa shape index (κ1) is 14.1. The molecule has 0 aliphatic rings. The lowest BCUT2D eigenvalue weighted by molar-refractivity contribution is -0.143. The number of hydrogen-bond acceptors (Lipinski definition) is 5. The van der Waals surface area contributed by atoms with Crippen molar-refractivity contribution in [3.8, 4) is 0 Å². The fourth-order valence-corrected chi connectivity index (χ4v) is 2.45. The van der Waals surface area contributed by atoms with Gasteiger partial charge in [-0.15, -0.1) is 0 Å². The lowest BCUT2D eigenvalue weighted by Gasteiger charge is -2.04. The summed E-state index contributed by atoms with van der Waals surface area (Å²) in [5.74, 6) is 0.0193. The number of aryl methyl sites for hydroxylation is 2. The number of ether oxygens (including phenoxy) is 1. The Morgan fingerprint density at radius 1 is 1.41 bits per heavy atom. The first-order chi connectivity index (χ1) is 10.4. The van der Waals surface area contributed by atoms with Gasteiger partial charge in [0, 0.05) is 18.9 Å². The molecule has 9 heteroatoms. The van der Waals surface area contributed by atoms with Crippen molar-refractivity contribution in [3.05, 3.63) is 32.7 Å². The molecule has 0 bridgehead atoms. The fourth-order valence-electron chi connectivity index (χ4n) is 2.45. The standard InChI is InChI=1S/C13H15N5O4/c1-4-22-8(19)6-17-7(2)5-18-9-10(14-12(17)18)16(3)13(21)15-11(9)20/h5H,4,6H2,1-3H3,(H,15,20,21). The third-order valence-electron chi connectivity index (χ3n) is 3.51. The van der Waals surface area contributed by atoms with Crippen molar-refractivity contribution in [2.24, 2.45) is 7.05 Å². The summed E-state index contributed by atoms with van der Waals surface area (Å²) < 4.78 is 9.41. The van der Waals surface area contributed by atoms with Gasteiger partial charge in [-0.2, -0.15) is 4.98 Å². The van der Waals surface area contributed by atoms with Crippen LogP contribution in [0.4, 0.5) is 0 Å². The van der Waals surface area contributed by atoms with Crippen LogP contribution in [0.15, 0.2) is 15.8 Å². The number of carbonyl (C=O) groups excluding carboxylic acids is 1. The average Bonchev–Trinajstić information content (AvgIpc) is 2.94. The molecule has 9 nitrogen and oxygen atoms in total. The summed E-state index contributed by atoms with van der Waals surface area (Å²) in [5.41, 5.74) is 0.237. The second-order valence-corrected chi connectivity index (χ2v) is 4.93. The number of imidazole rings is 2. The van der Waals surface area contributed by atoms with Crippen molar-refractivity contribution < 1.29 is 9.53 Å². The fraction of sp³-hybridized carbons (Fsp3) is 0.385. The highest BCUT2D eigenvalue weighted by molar-refractivity contribution is 5.76. The molecule has 0 unspecified atom stereocenters. The zero-order chi connectivity index (χ0) is 16.0. The van der Waals surface area contributed by atoms with Crippen LogP contribution < -0.4 is 11.2 Å². The van der Waals surface area contributed by atoms with E-state index >= 15 is 0 Å². The number of esters is 1. The lowest BCUT2D eigenvalue weighted by Crippen LogP contribution is -2.28. The maximum absolute atomic E-state index is 12.0. The Bertz CT molecular complexity index is 1000. The molecule has 0 fully saturated rings. The second-order valence-electron chi connectivity index (χ2n) is 4.93. The molecule has 0 aromatic carbocycles. The van der Waals surface area contributed by atoms with Gasteiger partial charge in [-0.1, -0.05) is 0 Å². The van der Waals surface area contributed by atoms with Gasteiger partial charge in [0.2, 0.25) is 5.78 Å². The third kappa shape index (κ3) is 1.93. The van der Waals surface area contributed by atoms with E-state index in [4.69, 9.17) is 4.74 Å². The van der Waals surface area contributed by atoms with Crippen molar-refractivity contribution in [1.82, 2.24) is 23.5 Å². The highest BCUT2D eigenvalue weighted by Gasteiger charge is 2.18. The Labute approximate surface area is 123 Å². The SMILES string of the molecule is CCOC(=O)Cn1c(C)cn2c3c(=O)[nH]c(=O)n(C)c3nc12. The van der Waals surface area contributed by atoms with Gasteiger partial charge in [-0.25, -0.2) is 4.79 Å². The van der Waals surface area contributed by atoms with Crippen LogP contribution >= 0.6 is 0 Å². The minimum Gasteiger partial charge on any atom is -0.465 e. The van der Waals surface area contributed by atoms with Crippen LogP contribution in [0.1, 0.15) is 12.6 Å². The second kappa shape index (κ2) is 4.86. The maximum atomic E-state index is 12.0. The number of carbonyl (C=O) groups is 1. The van der Waals surface area contributed by atoms with Gasteiger partial charge in [0.15, 0.2) is 11.2 Å². The van der Waals surface area contributed by atoms with Gasteiger partial charge in [0.25, 0.3) is 5.56 Å². The molecule has 0 amide bonds. The number of fused-ring (bicyclic) bond motifs is 3. The van der Waals surface area contributed by atoms with E-state index in [1.165, 1.54) is 11.6 Å². The Balaban J connectivity index is 2.30. The third-order valence-corrected chi connectivity index (χ3v) is 3.51. The van der Waals surface area contributed by atoms with Crippen LogP contribution in [0.2, 0.25) is 0 Å². The van der Waals surface area contributed by atoms with Gasteiger partial charge in [0.1, 0.15) is 6.54 Å². The maximum Gasteiger partial charge on any atom is 0.329 e. The van der Waals surface area contributed by atoms with Crippen LogP contribution in [-0.4, -0.2) is 36.1 Å². The smallest absolute Gasteiger partial charge is 0.329 e. The number of aromatic amines is 1. The number of aromatic nitrogens is 5. The largest absolute Gasteiger partial charge is 0.465 e. The van der Waals surface area contributed by atoms with Crippen molar-refractivity contribution in [3.63, 3.8) is 0 Å². The Morgan fingerprint density at radius 2 is 2.14 bits per heavy atom. The molecule has 0 spiro atoms. The molecule has 3 heterocycles. The average molecular weight is 305 g/mol. The van der Waals surface area contributed by atoms with Gasteiger partial charge in [-0.3, -0.25) is 23.5 Å². The summed E-state index contributed by atoms with van der Waals surface area (Å²) in [6, 6.07) is 0. The van der Waals surface area contributed by atoms with E-state index in [1.54, 1.807) is 29.0 Å². The molecule has 3 aromatic rings. The molecule has 3 rings (SSSR count). The van der Waals surface area contributed by atoms with Crippen LogP contribution in [0.25, 0.3) is 16.9 Å². The lowest BCUT2D eigenvalue weighted by atomic mass is 10.5. The van der Waals surface area contributed by atoms with Gasteiger partial charge in [0.05, 0.1) is 6.61 Å². The van der Waals surface area contributed by atoms with Gasteiger partial charge < -0.3 is 9.30 Å². The Morgan fingerprint density at radius 3 is 2.82 bits per heavy atom. The van der Waals surface area contributed by atoms with E-state index in [1.807, 2.05) is 0 Å². The van der Waals surface area contributed by atoms with Gasteiger partial charge >= 0.3 is 11.7 Å². The molecular formula is C13H15N5O4. The number of H-pyrrole nitrogens is 1. The summed E-state index contributed by atoms with van der Waals surface area (Å²) in [6.45, 7) is 3.82. The number of nitrogens with one attached hydrogen (secondary N) is 1. The van der Waals surface area contributed by atoms with Crippen LogP contribution in [-0.2, 0) is 23.1 Å². The van der Waals surface area contributed by atoms with Crippen molar-refractivity contribution in [2.45, 2.75) is 20.4 Å². The molecule has 22 heavy (non-hydrogen) atoms. The minimum absolute atomic E-state index is 0.00858. The molecule has 0 radical (unpaired) electrons. The number of nitrogens with zero attached hydrogens (tertiary/aromatic N) is 4. The minimum atomic E-state index is -0.535. The molecule has 0 saturated carbocycles. The summed E-state index contributed by atoms with van der Waals surface area (Å²) in [7, 11) is 1.52. The zero-order valence-corrected chi connectivity index (χ0v) is 12.4. The van der Waals surface area contributed by atoms with Crippen LogP contribution in [0.3, 0.4) is 0 Å². The van der Waals surface area contributed by atoms with Gasteiger partial charge in [-0.05, 0) is 13.8 Å². The number of hydrogen-bond donors (Lipinski definition) is 1. The topological polar surface area (TPSA) is 103 Å². The Kier molecular flexibility index (Phi) is 3.12. The summed E-state index contributed by atoms with van der Waals surface area (Å²) >= 11 is 0. The summed E-state index contributed by atoms with van der Waals surface area (Å²) in [5, 5.41) is 0. The van der Waals surface area contributed by atoms with E-state index in [0.717, 1.165) is 5.69 Å². The van der Waals surface area contributed by atoms with Crippen LogP contribution in [0, 0.1) is 6.92 Å². The van der Waals surface area contributed by atoms with Crippen molar-refractivity contribution in [2.75, 3.05) is 6.61 Å². The molecule has 116 valence electrons. The molecule has 0 saturated heterocycles. The quantitative estimate of drug-likeness (QED) is 0.660. The highest BCUT2D eigenvalue weighted by atomic mass is 16.5. The van der Waals surface area contributed by atoms with E-state index in [9.17, 15) is 14.4 Å². The molecule has 1 N–H and O–H groups in total. The highest BCUT2D eigenvalue weighted by Crippen LogP contribution is 2.15. The van der Waals surface area contributed by atoms with E-state index in [-0.39, 0.29) is 17.7 Å². The van der Waals surface area contributed by atoms with Crippen molar-refractivity contribution in [1.29, 1.82) is 0 Å². The first-order valence-corrected chi connectivity index (χ1v) is 6.77. The Hall–Kier alpha value is -2.84. The van der Waals surface area contributed by atoms with Crippen LogP contribution in [0.5, 0.6) is 0 Å². The normalized spacial score (nSPS) is 11.4. The molecule has 0 aliphatic carbocycles.